The molecule has 8 heteroatoms. The van der Waals surface area contributed by atoms with Crippen LogP contribution in [0.5, 0.6) is 5.75 Å². The Morgan fingerprint density at radius 1 is 1.06 bits per heavy atom. The number of para-hydroxylation sites is 1. The van der Waals surface area contributed by atoms with Crippen LogP contribution in [-0.4, -0.2) is 33.0 Å². The zero-order chi connectivity index (χ0) is 23.2. The molecule has 4 aromatic rings. The smallest absolute Gasteiger partial charge is 0.237 e. The Morgan fingerprint density at radius 3 is 2.42 bits per heavy atom. The Morgan fingerprint density at radius 2 is 1.76 bits per heavy atom. The lowest BCUT2D eigenvalue weighted by Gasteiger charge is -2.14. The number of carbonyl (C=O) groups excluding carboxylic acids is 1. The van der Waals surface area contributed by atoms with Gasteiger partial charge < -0.3 is 10.1 Å². The Balaban J connectivity index is 1.55. The van der Waals surface area contributed by atoms with Crippen LogP contribution in [-0.2, 0) is 11.2 Å². The van der Waals surface area contributed by atoms with Crippen molar-refractivity contribution in [1.82, 2.24) is 14.8 Å². The highest BCUT2D eigenvalue weighted by atomic mass is 35.5. The van der Waals surface area contributed by atoms with Gasteiger partial charge in [-0.2, -0.15) is 0 Å². The van der Waals surface area contributed by atoms with E-state index in [1.54, 1.807) is 25.3 Å². The lowest BCUT2D eigenvalue weighted by atomic mass is 10.1. The summed E-state index contributed by atoms with van der Waals surface area (Å²) in [4.78, 5) is 12.9. The van der Waals surface area contributed by atoms with E-state index in [0.717, 1.165) is 17.1 Å². The number of nitrogens with zero attached hydrogens (tertiary/aromatic N) is 3. The number of hydrogen-bond donors (Lipinski definition) is 1. The first-order chi connectivity index (χ1) is 16.0. The maximum absolute atomic E-state index is 12.9. The van der Waals surface area contributed by atoms with Gasteiger partial charge in [0, 0.05) is 17.8 Å². The van der Waals surface area contributed by atoms with Crippen molar-refractivity contribution in [2.24, 2.45) is 0 Å². The van der Waals surface area contributed by atoms with Gasteiger partial charge in [0.15, 0.2) is 5.16 Å². The second-order valence-electron chi connectivity index (χ2n) is 7.33. The third-order valence-electron chi connectivity index (χ3n) is 4.99. The predicted octanol–water partition coefficient (Wildman–Crippen LogP) is 5.64. The number of anilines is 1. The first-order valence-electron chi connectivity index (χ1n) is 10.4. The molecular weight excluding hydrogens is 456 g/mol. The van der Waals surface area contributed by atoms with Crippen molar-refractivity contribution in [2.75, 3.05) is 12.4 Å². The fourth-order valence-electron chi connectivity index (χ4n) is 3.31. The van der Waals surface area contributed by atoms with E-state index in [1.165, 1.54) is 11.8 Å². The van der Waals surface area contributed by atoms with Crippen LogP contribution in [0.4, 0.5) is 5.69 Å². The number of thioether (sulfide) groups is 1. The van der Waals surface area contributed by atoms with Crippen molar-refractivity contribution < 1.29 is 9.53 Å². The second-order valence-corrected chi connectivity index (χ2v) is 9.05. The number of ether oxygens (including phenoxy) is 1. The molecule has 1 aromatic heterocycles. The molecule has 33 heavy (non-hydrogen) atoms. The highest BCUT2D eigenvalue weighted by Gasteiger charge is 2.21. The molecule has 0 aliphatic heterocycles. The number of methoxy groups -OCH3 is 1. The minimum Gasteiger partial charge on any atom is -0.495 e. The summed E-state index contributed by atoms with van der Waals surface area (Å²) in [6.07, 6.45) is 0.633. The predicted molar refractivity (Wildman–Crippen MR) is 133 cm³/mol. The number of benzene rings is 3. The summed E-state index contributed by atoms with van der Waals surface area (Å²) in [5.41, 5.74) is 2.69. The molecule has 4 rings (SSSR count). The third kappa shape index (κ3) is 5.56. The lowest BCUT2D eigenvalue weighted by molar-refractivity contribution is -0.115. The van der Waals surface area contributed by atoms with Crippen LogP contribution in [0.2, 0.25) is 5.02 Å². The lowest BCUT2D eigenvalue weighted by Crippen LogP contribution is -2.23. The summed E-state index contributed by atoms with van der Waals surface area (Å²) in [6, 6.07) is 25.2. The maximum atomic E-state index is 12.9. The van der Waals surface area contributed by atoms with Gasteiger partial charge in [0.05, 0.1) is 17.4 Å². The van der Waals surface area contributed by atoms with Crippen molar-refractivity contribution in [3.8, 4) is 11.4 Å². The molecule has 0 saturated carbocycles. The van der Waals surface area contributed by atoms with E-state index >= 15 is 0 Å². The molecule has 0 saturated heterocycles. The van der Waals surface area contributed by atoms with Gasteiger partial charge in [-0.05, 0) is 42.8 Å². The molecule has 0 aliphatic carbocycles. The molecule has 0 fully saturated rings. The molecule has 0 bridgehead atoms. The zero-order valence-electron chi connectivity index (χ0n) is 18.2. The molecule has 1 N–H and O–H groups in total. The van der Waals surface area contributed by atoms with Gasteiger partial charge in [-0.25, -0.2) is 0 Å². The summed E-state index contributed by atoms with van der Waals surface area (Å²) in [7, 11) is 1.55. The number of rotatable bonds is 8. The minimum absolute atomic E-state index is 0.159. The standard InChI is InChI=1S/C25H23ClN4O2S/c1-17(24(31)27-19-13-14-22(32-2)21(26)16-19)33-25-29-28-23(15-18-9-5-3-6-10-18)30(25)20-11-7-4-8-12-20/h3-14,16-17H,15H2,1-2H3,(H,27,31). The summed E-state index contributed by atoms with van der Waals surface area (Å²) >= 11 is 7.53. The highest BCUT2D eigenvalue weighted by Crippen LogP contribution is 2.30. The van der Waals surface area contributed by atoms with Crippen molar-refractivity contribution >= 4 is 35.0 Å². The van der Waals surface area contributed by atoms with Crippen LogP contribution >= 0.6 is 23.4 Å². The van der Waals surface area contributed by atoms with Crippen LogP contribution in [0, 0.1) is 0 Å². The van der Waals surface area contributed by atoms with Crippen LogP contribution in [0.25, 0.3) is 5.69 Å². The van der Waals surface area contributed by atoms with Gasteiger partial charge in [0.1, 0.15) is 11.6 Å². The number of halogens is 1. The first-order valence-corrected chi connectivity index (χ1v) is 11.7. The van der Waals surface area contributed by atoms with Gasteiger partial charge in [-0.1, -0.05) is 71.9 Å². The molecule has 168 valence electrons. The van der Waals surface area contributed by atoms with Crippen molar-refractivity contribution in [2.45, 2.75) is 23.8 Å². The number of amides is 1. The molecule has 3 aromatic carbocycles. The van der Waals surface area contributed by atoms with Crippen molar-refractivity contribution in [3.63, 3.8) is 0 Å². The molecule has 0 spiro atoms. The average Bonchev–Trinajstić information content (AvgIpc) is 3.22. The Kier molecular flexibility index (Phi) is 7.32. The third-order valence-corrected chi connectivity index (χ3v) is 6.33. The second kappa shape index (κ2) is 10.6. The first kappa shape index (κ1) is 22.9. The Hall–Kier alpha value is -3.29. The summed E-state index contributed by atoms with van der Waals surface area (Å²) in [5.74, 6) is 1.21. The molecule has 1 amide bonds. The minimum atomic E-state index is -0.415. The van der Waals surface area contributed by atoms with Crippen LogP contribution in [0.1, 0.15) is 18.3 Å². The quantitative estimate of drug-likeness (QED) is 0.332. The van der Waals surface area contributed by atoms with Gasteiger partial charge in [0.25, 0.3) is 0 Å². The van der Waals surface area contributed by atoms with Crippen LogP contribution in [0.3, 0.4) is 0 Å². The topological polar surface area (TPSA) is 69.0 Å². The van der Waals surface area contributed by atoms with Gasteiger partial charge in [0.2, 0.25) is 5.91 Å². The molecule has 1 atom stereocenters. The van der Waals surface area contributed by atoms with Crippen molar-refractivity contribution in [1.29, 1.82) is 0 Å². The summed E-state index contributed by atoms with van der Waals surface area (Å²) in [6.45, 7) is 1.84. The average molecular weight is 479 g/mol. The highest BCUT2D eigenvalue weighted by molar-refractivity contribution is 8.00. The van der Waals surface area contributed by atoms with Gasteiger partial charge in [-0.3, -0.25) is 9.36 Å². The van der Waals surface area contributed by atoms with E-state index in [0.29, 0.717) is 28.0 Å². The SMILES string of the molecule is COc1ccc(NC(=O)C(C)Sc2nnc(Cc3ccccc3)n2-c2ccccc2)cc1Cl. The van der Waals surface area contributed by atoms with E-state index in [4.69, 9.17) is 16.3 Å². The van der Waals surface area contributed by atoms with E-state index in [-0.39, 0.29) is 5.91 Å². The van der Waals surface area contributed by atoms with E-state index in [2.05, 4.69) is 27.6 Å². The number of carbonyl (C=O) groups is 1. The monoisotopic (exact) mass is 478 g/mol. The zero-order valence-corrected chi connectivity index (χ0v) is 19.8. The number of hydrogen-bond acceptors (Lipinski definition) is 5. The largest absolute Gasteiger partial charge is 0.495 e. The Bertz CT molecular complexity index is 1230. The molecule has 6 nitrogen and oxygen atoms in total. The van der Waals surface area contributed by atoms with Gasteiger partial charge >= 0.3 is 0 Å². The number of nitrogens with one attached hydrogen (secondary N) is 1. The summed E-state index contributed by atoms with van der Waals surface area (Å²) < 4.78 is 7.17. The van der Waals surface area contributed by atoms with Crippen LogP contribution < -0.4 is 10.1 Å². The summed E-state index contributed by atoms with van der Waals surface area (Å²) in [5, 5.41) is 12.4. The molecule has 1 unspecified atom stereocenters. The molecular formula is C25H23ClN4O2S. The van der Waals surface area contributed by atoms with Crippen molar-refractivity contribution in [3.05, 3.63) is 95.3 Å². The van der Waals surface area contributed by atoms with E-state index < -0.39 is 5.25 Å². The molecule has 0 aliphatic rings. The molecule has 1 heterocycles. The normalized spacial score (nSPS) is 11.7. The maximum Gasteiger partial charge on any atom is 0.237 e. The van der Waals surface area contributed by atoms with Gasteiger partial charge in [-0.15, -0.1) is 10.2 Å². The number of aromatic nitrogens is 3. The van der Waals surface area contributed by atoms with E-state index in [9.17, 15) is 4.79 Å². The fourth-order valence-corrected chi connectivity index (χ4v) is 4.45. The molecule has 0 radical (unpaired) electrons. The Labute approximate surface area is 202 Å². The fraction of sp³-hybridized carbons (Fsp3) is 0.160. The van der Waals surface area contributed by atoms with E-state index in [1.807, 2.05) is 60.0 Å². The van der Waals surface area contributed by atoms with Crippen LogP contribution in [0.15, 0.2) is 84.0 Å².